The van der Waals surface area contributed by atoms with Crippen LogP contribution in [0.2, 0.25) is 0 Å². The molecule has 1 aliphatic carbocycles. The Kier molecular flexibility index (Phi) is 3.67. The SMILES string of the molecule is C=C/C=C(\C(=C)S)C1CCCC1. The lowest BCUT2D eigenvalue weighted by molar-refractivity contribution is 0.656. The van der Waals surface area contributed by atoms with Crippen LogP contribution in [0.1, 0.15) is 25.7 Å². The molecule has 66 valence electrons. The molecule has 0 aromatic carbocycles. The minimum atomic E-state index is 0.688. The molecule has 0 amide bonds. The molecule has 0 unspecified atom stereocenters. The highest BCUT2D eigenvalue weighted by Gasteiger charge is 2.19. The van der Waals surface area contributed by atoms with Crippen molar-refractivity contribution in [2.24, 2.45) is 5.92 Å². The van der Waals surface area contributed by atoms with Crippen LogP contribution in [-0.2, 0) is 0 Å². The van der Waals surface area contributed by atoms with Crippen LogP contribution in [0.5, 0.6) is 0 Å². The highest BCUT2D eigenvalue weighted by molar-refractivity contribution is 7.84. The van der Waals surface area contributed by atoms with Crippen LogP contribution in [0.15, 0.2) is 35.8 Å². The van der Waals surface area contributed by atoms with E-state index in [9.17, 15) is 0 Å². The monoisotopic (exact) mass is 180 g/mol. The fraction of sp³-hybridized carbons (Fsp3) is 0.455. The zero-order valence-corrected chi connectivity index (χ0v) is 8.32. The molecule has 1 heteroatoms. The number of hydrogen-bond acceptors (Lipinski definition) is 1. The number of thiol groups is 1. The molecule has 0 nitrogen and oxygen atoms in total. The third-order valence-electron chi connectivity index (χ3n) is 2.43. The Morgan fingerprint density at radius 1 is 1.33 bits per heavy atom. The number of hydrogen-bond donors (Lipinski definition) is 1. The van der Waals surface area contributed by atoms with E-state index < -0.39 is 0 Å². The van der Waals surface area contributed by atoms with Crippen LogP contribution in [0.25, 0.3) is 0 Å². The first-order valence-corrected chi connectivity index (χ1v) is 4.91. The highest BCUT2D eigenvalue weighted by Crippen LogP contribution is 2.35. The fourth-order valence-corrected chi connectivity index (χ4v) is 2.09. The van der Waals surface area contributed by atoms with Gasteiger partial charge in [-0.3, -0.25) is 0 Å². The van der Waals surface area contributed by atoms with Gasteiger partial charge in [-0.05, 0) is 24.3 Å². The van der Waals surface area contributed by atoms with E-state index in [0.29, 0.717) is 5.92 Å². The molecule has 0 bridgehead atoms. The first kappa shape index (κ1) is 9.66. The van der Waals surface area contributed by atoms with Gasteiger partial charge in [-0.25, -0.2) is 0 Å². The van der Waals surface area contributed by atoms with E-state index in [0.717, 1.165) is 4.91 Å². The summed E-state index contributed by atoms with van der Waals surface area (Å²) in [5.41, 5.74) is 1.28. The van der Waals surface area contributed by atoms with Gasteiger partial charge < -0.3 is 0 Å². The van der Waals surface area contributed by atoms with Crippen LogP contribution in [0.4, 0.5) is 0 Å². The van der Waals surface area contributed by atoms with E-state index in [1.165, 1.54) is 31.3 Å². The van der Waals surface area contributed by atoms with E-state index in [-0.39, 0.29) is 0 Å². The van der Waals surface area contributed by atoms with Crippen molar-refractivity contribution in [2.75, 3.05) is 0 Å². The van der Waals surface area contributed by atoms with Crippen molar-refractivity contribution < 1.29 is 0 Å². The predicted octanol–water partition coefficient (Wildman–Crippen LogP) is 3.73. The van der Waals surface area contributed by atoms with Crippen molar-refractivity contribution in [1.29, 1.82) is 0 Å². The van der Waals surface area contributed by atoms with E-state index in [4.69, 9.17) is 0 Å². The Morgan fingerprint density at radius 3 is 2.33 bits per heavy atom. The third kappa shape index (κ3) is 2.28. The average molecular weight is 180 g/mol. The smallest absolute Gasteiger partial charge is 0.000289 e. The van der Waals surface area contributed by atoms with E-state index in [1.807, 2.05) is 12.2 Å². The molecule has 0 saturated heterocycles. The summed E-state index contributed by atoms with van der Waals surface area (Å²) in [4.78, 5) is 0.904. The van der Waals surface area contributed by atoms with Gasteiger partial charge in [0, 0.05) is 4.91 Å². The molecule has 0 N–H and O–H groups in total. The maximum absolute atomic E-state index is 4.29. The molecule has 0 atom stereocenters. The largest absolute Gasteiger partial charge is 0.144 e. The normalized spacial score (nSPS) is 19.6. The molecule has 0 aromatic rings. The summed E-state index contributed by atoms with van der Waals surface area (Å²) in [6.07, 6.45) is 9.15. The predicted molar refractivity (Wildman–Crippen MR) is 58.4 cm³/mol. The Labute approximate surface area is 80.5 Å². The van der Waals surface area contributed by atoms with Crippen molar-refractivity contribution in [3.05, 3.63) is 35.8 Å². The van der Waals surface area contributed by atoms with Crippen LogP contribution in [-0.4, -0.2) is 0 Å². The third-order valence-corrected chi connectivity index (χ3v) is 2.68. The summed E-state index contributed by atoms with van der Waals surface area (Å²) in [5, 5.41) is 0. The van der Waals surface area contributed by atoms with Gasteiger partial charge in [0.2, 0.25) is 0 Å². The van der Waals surface area contributed by atoms with Gasteiger partial charge >= 0.3 is 0 Å². The van der Waals surface area contributed by atoms with Gasteiger partial charge in [0.15, 0.2) is 0 Å². The Morgan fingerprint density at radius 2 is 1.92 bits per heavy atom. The van der Waals surface area contributed by atoms with E-state index in [2.05, 4.69) is 25.8 Å². The highest BCUT2D eigenvalue weighted by atomic mass is 32.1. The molecule has 0 heterocycles. The van der Waals surface area contributed by atoms with Crippen molar-refractivity contribution in [3.63, 3.8) is 0 Å². The summed E-state index contributed by atoms with van der Waals surface area (Å²) in [7, 11) is 0. The second-order valence-corrected chi connectivity index (χ2v) is 3.83. The van der Waals surface area contributed by atoms with Crippen LogP contribution in [0.3, 0.4) is 0 Å². The molecule has 0 aromatic heterocycles. The second-order valence-electron chi connectivity index (χ2n) is 3.29. The lowest BCUT2D eigenvalue weighted by atomic mass is 9.97. The zero-order valence-electron chi connectivity index (χ0n) is 7.42. The molecular weight excluding hydrogens is 164 g/mol. The first-order valence-electron chi connectivity index (χ1n) is 4.46. The minimum absolute atomic E-state index is 0.688. The van der Waals surface area contributed by atoms with Crippen molar-refractivity contribution in [2.45, 2.75) is 25.7 Å². The molecule has 1 aliphatic rings. The van der Waals surface area contributed by atoms with E-state index >= 15 is 0 Å². The van der Waals surface area contributed by atoms with Crippen molar-refractivity contribution in [1.82, 2.24) is 0 Å². The quantitative estimate of drug-likeness (QED) is 0.496. The fourth-order valence-electron chi connectivity index (χ4n) is 1.83. The van der Waals surface area contributed by atoms with E-state index in [1.54, 1.807) is 0 Å². The maximum Gasteiger partial charge on any atom is 0.000289 e. The summed E-state index contributed by atoms with van der Waals surface area (Å²) in [5.74, 6) is 0.688. The summed E-state index contributed by atoms with van der Waals surface area (Å²) >= 11 is 4.29. The summed E-state index contributed by atoms with van der Waals surface area (Å²) in [6, 6.07) is 0. The van der Waals surface area contributed by atoms with Gasteiger partial charge in [-0.2, -0.15) is 0 Å². The molecule has 1 saturated carbocycles. The molecule has 12 heavy (non-hydrogen) atoms. The van der Waals surface area contributed by atoms with Gasteiger partial charge in [0.25, 0.3) is 0 Å². The molecule has 0 radical (unpaired) electrons. The van der Waals surface area contributed by atoms with Crippen molar-refractivity contribution in [3.8, 4) is 0 Å². The van der Waals surface area contributed by atoms with Crippen LogP contribution < -0.4 is 0 Å². The minimum Gasteiger partial charge on any atom is -0.144 e. The summed E-state index contributed by atoms with van der Waals surface area (Å²) < 4.78 is 0. The lowest BCUT2D eigenvalue weighted by Gasteiger charge is -2.12. The number of rotatable bonds is 3. The average Bonchev–Trinajstić information content (AvgIpc) is 2.51. The standard InChI is InChI=1S/C11H16S/c1-3-6-11(9(2)12)10-7-4-5-8-10/h3,6,10,12H,1-2,4-5,7-8H2/b11-6+. The Balaban J connectivity index is 2.71. The molecular formula is C11H16S. The van der Waals surface area contributed by atoms with Gasteiger partial charge in [-0.1, -0.05) is 38.2 Å². The van der Waals surface area contributed by atoms with Gasteiger partial charge in [0.1, 0.15) is 0 Å². The molecule has 0 aliphatic heterocycles. The second kappa shape index (κ2) is 4.56. The molecule has 0 spiro atoms. The topological polar surface area (TPSA) is 0 Å². The number of allylic oxidation sites excluding steroid dienone is 3. The molecule has 1 fully saturated rings. The van der Waals surface area contributed by atoms with Crippen molar-refractivity contribution >= 4 is 12.6 Å². The van der Waals surface area contributed by atoms with Gasteiger partial charge in [-0.15, -0.1) is 12.6 Å². The zero-order chi connectivity index (χ0) is 8.97. The van der Waals surface area contributed by atoms with Crippen LogP contribution in [0, 0.1) is 5.92 Å². The maximum atomic E-state index is 4.29. The molecule has 1 rings (SSSR count). The Hall–Kier alpha value is -0.430. The first-order chi connectivity index (χ1) is 5.75. The van der Waals surface area contributed by atoms with Crippen LogP contribution >= 0.6 is 12.6 Å². The lowest BCUT2D eigenvalue weighted by Crippen LogP contribution is -1.97. The van der Waals surface area contributed by atoms with Gasteiger partial charge in [0.05, 0.1) is 0 Å². The Bertz CT molecular complexity index is 207. The summed E-state index contributed by atoms with van der Waals surface area (Å²) in [6.45, 7) is 7.57.